The molecule has 2 fully saturated rings. The molecule has 30 heavy (non-hydrogen) atoms. The first-order chi connectivity index (χ1) is 14.4. The quantitative estimate of drug-likeness (QED) is 0.531. The molecular weight excluding hydrogens is 418 g/mol. The highest BCUT2D eigenvalue weighted by molar-refractivity contribution is 8.26. The van der Waals surface area contributed by atoms with Crippen LogP contribution in [0.5, 0.6) is 0 Å². The molecule has 0 spiro atoms. The van der Waals surface area contributed by atoms with Crippen LogP contribution in [0.1, 0.15) is 25.0 Å². The Bertz CT molecular complexity index is 1100. The van der Waals surface area contributed by atoms with Gasteiger partial charge in [-0.3, -0.25) is 18.9 Å². The highest BCUT2D eigenvalue weighted by Crippen LogP contribution is 2.33. The van der Waals surface area contributed by atoms with Crippen molar-refractivity contribution in [3.63, 3.8) is 0 Å². The first-order valence-corrected chi connectivity index (χ1v) is 11.4. The fraction of sp³-hybridized carbons (Fsp3) is 0.429. The zero-order chi connectivity index (χ0) is 21.4. The number of carbonyl (C=O) groups excluding carboxylic acids is 1. The van der Waals surface area contributed by atoms with Gasteiger partial charge in [-0.1, -0.05) is 37.0 Å². The smallest absolute Gasteiger partial charge is 0.267 e. The minimum atomic E-state index is -0.168. The van der Waals surface area contributed by atoms with Gasteiger partial charge in [0.25, 0.3) is 11.5 Å². The Morgan fingerprint density at radius 2 is 1.90 bits per heavy atom. The lowest BCUT2D eigenvalue weighted by atomic mass is 10.2. The fourth-order valence-corrected chi connectivity index (χ4v) is 5.21. The molecule has 0 aliphatic carbocycles. The molecule has 2 aliphatic rings. The van der Waals surface area contributed by atoms with Crippen LogP contribution < -0.4 is 10.5 Å². The number of amides is 1. The van der Waals surface area contributed by atoms with Crippen molar-refractivity contribution in [2.24, 2.45) is 0 Å². The zero-order valence-corrected chi connectivity index (χ0v) is 19.1. The molecule has 0 N–H and O–H groups in total. The molecule has 2 aromatic rings. The van der Waals surface area contributed by atoms with Gasteiger partial charge in [-0.25, -0.2) is 4.98 Å². The summed E-state index contributed by atoms with van der Waals surface area (Å²) in [6, 6.07) is 3.79. The van der Waals surface area contributed by atoms with Crippen molar-refractivity contribution in [1.82, 2.24) is 19.2 Å². The van der Waals surface area contributed by atoms with Crippen molar-refractivity contribution in [1.29, 1.82) is 0 Å². The van der Waals surface area contributed by atoms with Gasteiger partial charge in [0.05, 0.1) is 10.5 Å². The molecule has 158 valence electrons. The highest BCUT2D eigenvalue weighted by atomic mass is 32.2. The summed E-state index contributed by atoms with van der Waals surface area (Å²) in [6.07, 6.45) is 3.41. The molecule has 4 heterocycles. The number of aryl methyl sites for hydroxylation is 1. The van der Waals surface area contributed by atoms with Crippen molar-refractivity contribution in [2.75, 3.05) is 44.2 Å². The molecule has 1 amide bonds. The number of fused-ring (bicyclic) bond motifs is 1. The first-order valence-electron chi connectivity index (χ1n) is 10.2. The third-order valence-electron chi connectivity index (χ3n) is 5.65. The number of likely N-dealkylation sites (N-methyl/N-ethyl adjacent to an activating group) is 2. The molecule has 0 bridgehead atoms. The summed E-state index contributed by atoms with van der Waals surface area (Å²) in [4.78, 5) is 37.7. The maximum absolute atomic E-state index is 13.5. The van der Waals surface area contributed by atoms with Crippen LogP contribution in [0.3, 0.4) is 0 Å². The minimum absolute atomic E-state index is 0.150. The standard InChI is InChI=1S/C21H25N5O2S2/c1-4-23-9-11-24(12-10-23)18-15(13-16-20(28)25(5-2)21(29)30-16)19(27)26-8-6-7-14(3)17(26)22-18/h6-8,13H,4-5,9-12H2,1-3H3. The van der Waals surface area contributed by atoms with E-state index in [0.29, 0.717) is 32.8 Å². The largest absolute Gasteiger partial charge is 0.353 e. The van der Waals surface area contributed by atoms with E-state index < -0.39 is 0 Å². The Labute approximate surface area is 185 Å². The summed E-state index contributed by atoms with van der Waals surface area (Å²) in [5.41, 5.74) is 1.86. The lowest BCUT2D eigenvalue weighted by Gasteiger charge is -2.35. The normalized spacial score (nSPS) is 19.5. The number of carbonyl (C=O) groups is 1. The zero-order valence-electron chi connectivity index (χ0n) is 17.4. The lowest BCUT2D eigenvalue weighted by Crippen LogP contribution is -2.47. The van der Waals surface area contributed by atoms with E-state index in [2.05, 4.69) is 16.7 Å². The summed E-state index contributed by atoms with van der Waals surface area (Å²) in [5, 5.41) is 0. The van der Waals surface area contributed by atoms with Gasteiger partial charge in [-0.2, -0.15) is 0 Å². The number of anilines is 1. The molecular formula is C21H25N5O2S2. The number of rotatable bonds is 4. The van der Waals surface area contributed by atoms with Crippen LogP contribution in [0.15, 0.2) is 28.0 Å². The van der Waals surface area contributed by atoms with E-state index in [1.54, 1.807) is 21.6 Å². The summed E-state index contributed by atoms with van der Waals surface area (Å²) < 4.78 is 2.09. The Balaban J connectivity index is 1.86. The van der Waals surface area contributed by atoms with E-state index in [-0.39, 0.29) is 11.5 Å². The Hall–Kier alpha value is -2.23. The summed E-state index contributed by atoms with van der Waals surface area (Å²) in [5.74, 6) is 0.495. The molecule has 2 aliphatic heterocycles. The number of thioether (sulfide) groups is 1. The molecule has 4 rings (SSSR count). The second kappa shape index (κ2) is 8.49. The number of hydrogen-bond donors (Lipinski definition) is 0. The van der Waals surface area contributed by atoms with E-state index in [4.69, 9.17) is 17.2 Å². The molecule has 0 saturated carbocycles. The van der Waals surface area contributed by atoms with Gasteiger partial charge in [0, 0.05) is 38.9 Å². The van der Waals surface area contributed by atoms with Crippen molar-refractivity contribution < 1.29 is 4.79 Å². The second-order valence-corrected chi connectivity index (χ2v) is 9.06. The third-order valence-corrected chi connectivity index (χ3v) is 7.03. The van der Waals surface area contributed by atoms with E-state index in [1.165, 1.54) is 11.8 Å². The molecule has 0 aromatic carbocycles. The van der Waals surface area contributed by atoms with Crippen LogP contribution in [0.2, 0.25) is 0 Å². The number of pyridine rings is 1. The van der Waals surface area contributed by atoms with Gasteiger partial charge in [-0.05, 0) is 38.1 Å². The van der Waals surface area contributed by atoms with Crippen LogP contribution in [-0.2, 0) is 4.79 Å². The minimum Gasteiger partial charge on any atom is -0.353 e. The number of nitrogens with zero attached hydrogens (tertiary/aromatic N) is 5. The molecule has 0 unspecified atom stereocenters. The van der Waals surface area contributed by atoms with Crippen LogP contribution >= 0.6 is 24.0 Å². The maximum Gasteiger partial charge on any atom is 0.267 e. The average Bonchev–Trinajstić information content (AvgIpc) is 3.02. The van der Waals surface area contributed by atoms with Crippen LogP contribution in [0, 0.1) is 6.92 Å². The van der Waals surface area contributed by atoms with E-state index in [0.717, 1.165) is 38.3 Å². The number of piperazine rings is 1. The number of aromatic nitrogens is 2. The monoisotopic (exact) mass is 443 g/mol. The topological polar surface area (TPSA) is 61.2 Å². The predicted molar refractivity (Wildman–Crippen MR) is 126 cm³/mol. The Morgan fingerprint density at radius 3 is 2.53 bits per heavy atom. The van der Waals surface area contributed by atoms with Gasteiger partial charge >= 0.3 is 0 Å². The summed E-state index contributed by atoms with van der Waals surface area (Å²) in [7, 11) is 0. The van der Waals surface area contributed by atoms with Gasteiger partial charge in [0.15, 0.2) is 0 Å². The molecule has 7 nitrogen and oxygen atoms in total. The molecule has 0 radical (unpaired) electrons. The number of hydrogen-bond acceptors (Lipinski definition) is 7. The lowest BCUT2D eigenvalue weighted by molar-refractivity contribution is -0.121. The maximum atomic E-state index is 13.5. The van der Waals surface area contributed by atoms with Gasteiger partial charge in [0.1, 0.15) is 15.8 Å². The summed E-state index contributed by atoms with van der Waals surface area (Å²) in [6.45, 7) is 10.9. The van der Waals surface area contributed by atoms with Crippen molar-refractivity contribution in [3.05, 3.63) is 44.7 Å². The second-order valence-electron chi connectivity index (χ2n) is 7.39. The van der Waals surface area contributed by atoms with E-state index in [9.17, 15) is 9.59 Å². The number of thiocarbonyl (C=S) groups is 1. The van der Waals surface area contributed by atoms with Crippen LogP contribution in [0.4, 0.5) is 5.82 Å². The first kappa shape index (κ1) is 21.0. The molecule has 2 saturated heterocycles. The van der Waals surface area contributed by atoms with E-state index in [1.807, 2.05) is 26.0 Å². The molecule has 9 heteroatoms. The van der Waals surface area contributed by atoms with Crippen molar-refractivity contribution in [2.45, 2.75) is 20.8 Å². The Morgan fingerprint density at radius 1 is 1.17 bits per heavy atom. The van der Waals surface area contributed by atoms with Crippen LogP contribution in [0.25, 0.3) is 11.7 Å². The Kier molecular flexibility index (Phi) is 5.95. The van der Waals surface area contributed by atoms with Crippen LogP contribution in [-0.4, -0.2) is 68.7 Å². The van der Waals surface area contributed by atoms with Gasteiger partial charge < -0.3 is 9.80 Å². The average molecular weight is 444 g/mol. The fourth-order valence-electron chi connectivity index (χ4n) is 3.85. The van der Waals surface area contributed by atoms with Gasteiger partial charge in [-0.15, -0.1) is 0 Å². The molecule has 2 aromatic heterocycles. The van der Waals surface area contributed by atoms with Gasteiger partial charge in [0.2, 0.25) is 0 Å². The van der Waals surface area contributed by atoms with E-state index >= 15 is 0 Å². The SMILES string of the molecule is CCN1CCN(c2nc3c(C)cccn3c(=O)c2C=C2SC(=S)N(CC)C2=O)CC1. The summed E-state index contributed by atoms with van der Waals surface area (Å²) >= 11 is 6.58. The predicted octanol–water partition coefficient (Wildman–Crippen LogP) is 2.37. The molecule has 0 atom stereocenters. The van der Waals surface area contributed by atoms with Crippen molar-refractivity contribution in [3.8, 4) is 0 Å². The highest BCUT2D eigenvalue weighted by Gasteiger charge is 2.32. The third kappa shape index (κ3) is 3.66. The van der Waals surface area contributed by atoms with Crippen molar-refractivity contribution >= 4 is 51.7 Å².